The standard InChI is InChI=1S/C25H27F3N6O/c1-34-12-9-17(10-13-34)16-2-4-19(5-3-16)32-24-31-15-21(25(26,27)28)22(33-24)7-6-20-14-18(23(29)35)8-11-30-20/h2-5,8,11,14-15,17H,6-7,9-10,12-13H2,1H3,(H2,29,35)(H,31,32,33). The first-order valence-corrected chi connectivity index (χ1v) is 11.4. The van der Waals surface area contributed by atoms with Crippen LogP contribution in [0.4, 0.5) is 24.8 Å². The lowest BCUT2D eigenvalue weighted by molar-refractivity contribution is -0.138. The molecule has 7 nitrogen and oxygen atoms in total. The number of likely N-dealkylation sites (tertiary alicyclic amines) is 1. The van der Waals surface area contributed by atoms with Gasteiger partial charge in [-0.05, 0) is 81.6 Å². The molecule has 1 saturated heterocycles. The average molecular weight is 485 g/mol. The van der Waals surface area contributed by atoms with Gasteiger partial charge in [-0.2, -0.15) is 13.2 Å². The van der Waals surface area contributed by atoms with E-state index in [2.05, 4.69) is 32.2 Å². The van der Waals surface area contributed by atoms with E-state index in [1.165, 1.54) is 23.9 Å². The van der Waals surface area contributed by atoms with Crippen LogP contribution in [-0.2, 0) is 19.0 Å². The largest absolute Gasteiger partial charge is 0.419 e. The summed E-state index contributed by atoms with van der Waals surface area (Å²) >= 11 is 0. The third-order valence-corrected chi connectivity index (χ3v) is 6.25. The Kier molecular flexibility index (Phi) is 7.30. The first-order valence-electron chi connectivity index (χ1n) is 11.4. The molecule has 4 rings (SSSR count). The minimum absolute atomic E-state index is 0.0314. The van der Waals surface area contributed by atoms with Crippen molar-refractivity contribution in [1.29, 1.82) is 0 Å². The van der Waals surface area contributed by atoms with Crippen LogP contribution in [0.15, 0.2) is 48.8 Å². The van der Waals surface area contributed by atoms with E-state index >= 15 is 0 Å². The molecule has 0 bridgehead atoms. The van der Waals surface area contributed by atoms with E-state index in [4.69, 9.17) is 5.73 Å². The van der Waals surface area contributed by atoms with Gasteiger partial charge in [-0.25, -0.2) is 9.97 Å². The van der Waals surface area contributed by atoms with Crippen molar-refractivity contribution in [1.82, 2.24) is 19.9 Å². The van der Waals surface area contributed by atoms with Crippen LogP contribution in [0.25, 0.3) is 0 Å². The van der Waals surface area contributed by atoms with Gasteiger partial charge in [0.15, 0.2) is 0 Å². The summed E-state index contributed by atoms with van der Waals surface area (Å²) in [4.78, 5) is 25.9. The van der Waals surface area contributed by atoms with Crippen molar-refractivity contribution in [3.05, 3.63) is 76.9 Å². The molecule has 0 unspecified atom stereocenters. The first kappa shape index (κ1) is 24.6. The summed E-state index contributed by atoms with van der Waals surface area (Å²) in [5.41, 5.74) is 6.88. The average Bonchev–Trinajstić information content (AvgIpc) is 2.83. The summed E-state index contributed by atoms with van der Waals surface area (Å²) in [6.45, 7) is 2.13. The number of hydrogen-bond acceptors (Lipinski definition) is 6. The lowest BCUT2D eigenvalue weighted by Gasteiger charge is -2.29. The lowest BCUT2D eigenvalue weighted by atomic mass is 9.89. The second-order valence-corrected chi connectivity index (χ2v) is 8.78. The predicted molar refractivity (Wildman–Crippen MR) is 126 cm³/mol. The van der Waals surface area contributed by atoms with Gasteiger partial charge < -0.3 is 16.0 Å². The molecule has 1 aromatic carbocycles. The molecule has 3 aromatic rings. The summed E-state index contributed by atoms with van der Waals surface area (Å²) in [6, 6.07) is 10.8. The van der Waals surface area contributed by atoms with E-state index < -0.39 is 17.6 Å². The number of aryl methyl sites for hydroxylation is 2. The number of aromatic nitrogens is 3. The Morgan fingerprint density at radius 2 is 1.83 bits per heavy atom. The highest BCUT2D eigenvalue weighted by molar-refractivity contribution is 5.92. The Morgan fingerprint density at radius 1 is 1.11 bits per heavy atom. The smallest absolute Gasteiger partial charge is 0.366 e. The molecular weight excluding hydrogens is 457 g/mol. The zero-order valence-corrected chi connectivity index (χ0v) is 19.3. The molecule has 0 atom stereocenters. The van der Waals surface area contributed by atoms with E-state index in [-0.39, 0.29) is 30.0 Å². The maximum atomic E-state index is 13.6. The summed E-state index contributed by atoms with van der Waals surface area (Å²) in [6.07, 6.45) is -0.0564. The molecule has 2 aromatic heterocycles. The first-order chi connectivity index (χ1) is 16.7. The molecule has 184 valence electrons. The van der Waals surface area contributed by atoms with Crippen LogP contribution in [0.2, 0.25) is 0 Å². The normalized spacial score (nSPS) is 15.2. The Balaban J connectivity index is 1.49. The number of anilines is 2. The van der Waals surface area contributed by atoms with Crippen molar-refractivity contribution in [2.24, 2.45) is 5.73 Å². The molecule has 35 heavy (non-hydrogen) atoms. The zero-order valence-electron chi connectivity index (χ0n) is 19.3. The van der Waals surface area contributed by atoms with Gasteiger partial charge in [-0.15, -0.1) is 0 Å². The maximum absolute atomic E-state index is 13.6. The molecule has 0 spiro atoms. The van der Waals surface area contributed by atoms with Crippen LogP contribution in [0.3, 0.4) is 0 Å². The number of alkyl halides is 3. The van der Waals surface area contributed by atoms with Crippen molar-refractivity contribution in [2.45, 2.75) is 37.8 Å². The number of piperidine rings is 1. The van der Waals surface area contributed by atoms with Crippen molar-refractivity contribution in [3.8, 4) is 0 Å². The van der Waals surface area contributed by atoms with E-state index in [1.54, 1.807) is 0 Å². The number of primary amides is 1. The number of carbonyl (C=O) groups is 1. The Bertz CT molecular complexity index is 1170. The molecule has 1 fully saturated rings. The number of benzene rings is 1. The van der Waals surface area contributed by atoms with Gasteiger partial charge in [-0.1, -0.05) is 12.1 Å². The predicted octanol–water partition coefficient (Wildman–Crippen LogP) is 4.33. The van der Waals surface area contributed by atoms with Gasteiger partial charge in [0.25, 0.3) is 0 Å². The summed E-state index contributed by atoms with van der Waals surface area (Å²) in [5, 5.41) is 3.01. The molecule has 1 amide bonds. The molecular formula is C25H27F3N6O. The molecule has 0 aliphatic carbocycles. The molecule has 10 heteroatoms. The third-order valence-electron chi connectivity index (χ3n) is 6.25. The molecule has 1 aliphatic rings. The van der Waals surface area contributed by atoms with Crippen molar-refractivity contribution >= 4 is 17.5 Å². The number of halogens is 3. The van der Waals surface area contributed by atoms with E-state index in [0.717, 1.165) is 32.1 Å². The van der Waals surface area contributed by atoms with Crippen LogP contribution >= 0.6 is 0 Å². The van der Waals surface area contributed by atoms with Crippen LogP contribution in [0, 0.1) is 0 Å². The van der Waals surface area contributed by atoms with Crippen LogP contribution in [0.1, 0.15) is 51.6 Å². The monoisotopic (exact) mass is 484 g/mol. The highest BCUT2D eigenvalue weighted by Gasteiger charge is 2.35. The SMILES string of the molecule is CN1CCC(c2ccc(Nc3ncc(C(F)(F)F)c(CCc4cc(C(N)=O)ccn4)n3)cc2)CC1. The quantitative estimate of drug-likeness (QED) is 0.518. The van der Waals surface area contributed by atoms with E-state index in [0.29, 0.717) is 17.3 Å². The summed E-state index contributed by atoms with van der Waals surface area (Å²) < 4.78 is 40.7. The second-order valence-electron chi connectivity index (χ2n) is 8.78. The zero-order chi connectivity index (χ0) is 25.0. The van der Waals surface area contributed by atoms with Crippen molar-refractivity contribution in [3.63, 3.8) is 0 Å². The van der Waals surface area contributed by atoms with Gasteiger partial charge in [-0.3, -0.25) is 9.78 Å². The highest BCUT2D eigenvalue weighted by Crippen LogP contribution is 2.32. The van der Waals surface area contributed by atoms with Gasteiger partial charge in [0.05, 0.1) is 11.3 Å². The fraction of sp³-hybridized carbons (Fsp3) is 0.360. The van der Waals surface area contributed by atoms with Gasteiger partial charge in [0, 0.05) is 29.3 Å². The summed E-state index contributed by atoms with van der Waals surface area (Å²) in [5.74, 6) is -0.0327. The topological polar surface area (TPSA) is 97.0 Å². The molecule has 0 saturated carbocycles. The number of pyridine rings is 1. The number of hydrogen-bond donors (Lipinski definition) is 2. The minimum Gasteiger partial charge on any atom is -0.366 e. The number of nitrogens with one attached hydrogen (secondary N) is 1. The Hall–Kier alpha value is -3.53. The molecule has 3 N–H and O–H groups in total. The maximum Gasteiger partial charge on any atom is 0.419 e. The fourth-order valence-corrected chi connectivity index (χ4v) is 4.23. The van der Waals surface area contributed by atoms with Crippen LogP contribution in [-0.4, -0.2) is 45.9 Å². The minimum atomic E-state index is -4.59. The van der Waals surface area contributed by atoms with Gasteiger partial charge in [0.1, 0.15) is 0 Å². The number of rotatable bonds is 7. The summed E-state index contributed by atoms with van der Waals surface area (Å²) in [7, 11) is 2.12. The van der Waals surface area contributed by atoms with E-state index in [1.807, 2.05) is 24.3 Å². The van der Waals surface area contributed by atoms with Gasteiger partial charge >= 0.3 is 6.18 Å². The van der Waals surface area contributed by atoms with Crippen LogP contribution < -0.4 is 11.1 Å². The second kappa shape index (κ2) is 10.4. The van der Waals surface area contributed by atoms with Crippen molar-refractivity contribution in [2.75, 3.05) is 25.5 Å². The number of nitrogens with two attached hydrogens (primary N) is 1. The lowest BCUT2D eigenvalue weighted by Crippen LogP contribution is -2.29. The van der Waals surface area contributed by atoms with Gasteiger partial charge in [0.2, 0.25) is 11.9 Å². The van der Waals surface area contributed by atoms with E-state index in [9.17, 15) is 18.0 Å². The molecule has 3 heterocycles. The number of nitrogens with zero attached hydrogens (tertiary/aromatic N) is 4. The number of carbonyl (C=O) groups excluding carboxylic acids is 1. The van der Waals surface area contributed by atoms with Crippen molar-refractivity contribution < 1.29 is 18.0 Å². The Labute approximate surface area is 201 Å². The molecule has 1 aliphatic heterocycles. The third kappa shape index (κ3) is 6.33. The van der Waals surface area contributed by atoms with Crippen LogP contribution in [0.5, 0.6) is 0 Å². The fourth-order valence-electron chi connectivity index (χ4n) is 4.23. The Morgan fingerprint density at radius 3 is 2.49 bits per heavy atom. The molecule has 0 radical (unpaired) electrons. The number of amides is 1. The highest BCUT2D eigenvalue weighted by atomic mass is 19.4.